The summed E-state index contributed by atoms with van der Waals surface area (Å²) >= 11 is 3.27. The molecule has 0 spiro atoms. The molecule has 0 aliphatic rings. The summed E-state index contributed by atoms with van der Waals surface area (Å²) in [7, 11) is 1.43. The number of hydrogen-bond acceptors (Lipinski definition) is 3. The Kier molecular flexibility index (Phi) is 3.58. The van der Waals surface area contributed by atoms with Gasteiger partial charge >= 0.3 is 0 Å². The van der Waals surface area contributed by atoms with Gasteiger partial charge in [0.25, 0.3) is 0 Å². The minimum absolute atomic E-state index is 0.220. The maximum atomic E-state index is 13.4. The van der Waals surface area contributed by atoms with Crippen LogP contribution in [0.3, 0.4) is 0 Å². The lowest BCUT2D eigenvalue weighted by Gasteiger charge is -2.07. The van der Waals surface area contributed by atoms with Gasteiger partial charge in [0.05, 0.1) is 7.11 Å². The largest absolute Gasteiger partial charge is 0.494 e. The zero-order valence-corrected chi connectivity index (χ0v) is 10.7. The summed E-state index contributed by atoms with van der Waals surface area (Å²) in [5.74, 6) is 0.453. The van der Waals surface area contributed by atoms with E-state index in [1.165, 1.54) is 13.2 Å². The molecule has 3 nitrogen and oxygen atoms in total. The van der Waals surface area contributed by atoms with Gasteiger partial charge in [0, 0.05) is 11.8 Å². The molecule has 0 bridgehead atoms. The van der Waals surface area contributed by atoms with Gasteiger partial charge in [-0.1, -0.05) is 6.07 Å². The number of rotatable bonds is 3. The van der Waals surface area contributed by atoms with Crippen molar-refractivity contribution in [2.24, 2.45) is 0 Å². The highest BCUT2D eigenvalue weighted by Gasteiger charge is 2.04. The molecule has 2 aromatic rings. The van der Waals surface area contributed by atoms with Crippen molar-refractivity contribution in [1.82, 2.24) is 4.98 Å². The van der Waals surface area contributed by atoms with Crippen molar-refractivity contribution in [3.63, 3.8) is 0 Å². The molecular weight excluding hydrogens is 287 g/mol. The van der Waals surface area contributed by atoms with Gasteiger partial charge in [-0.05, 0) is 40.2 Å². The monoisotopic (exact) mass is 296 g/mol. The average molecular weight is 297 g/mol. The van der Waals surface area contributed by atoms with Crippen LogP contribution in [0.5, 0.6) is 5.75 Å². The van der Waals surface area contributed by atoms with E-state index < -0.39 is 5.82 Å². The number of aromatic nitrogens is 1. The van der Waals surface area contributed by atoms with Crippen LogP contribution in [0, 0.1) is 5.82 Å². The van der Waals surface area contributed by atoms with E-state index in [1.54, 1.807) is 18.2 Å². The standard InChI is InChI=1S/C12H10BrFN2O/c1-17-10-6-5-8(7-9(10)14)15-12-4-2-3-11(13)16-12/h2-7H,1H3,(H,15,16). The summed E-state index contributed by atoms with van der Waals surface area (Å²) in [5.41, 5.74) is 0.619. The molecule has 0 aliphatic carbocycles. The van der Waals surface area contributed by atoms with Crippen LogP contribution >= 0.6 is 15.9 Å². The molecule has 0 saturated heterocycles. The molecular formula is C12H10BrFN2O. The number of methoxy groups -OCH3 is 1. The van der Waals surface area contributed by atoms with Crippen molar-refractivity contribution < 1.29 is 9.13 Å². The Morgan fingerprint density at radius 3 is 2.76 bits per heavy atom. The third-order valence-corrected chi connectivity index (χ3v) is 2.58. The maximum absolute atomic E-state index is 13.4. The molecule has 0 radical (unpaired) electrons. The van der Waals surface area contributed by atoms with Gasteiger partial charge in [0.2, 0.25) is 0 Å². The molecule has 17 heavy (non-hydrogen) atoms. The van der Waals surface area contributed by atoms with Crippen LogP contribution in [-0.4, -0.2) is 12.1 Å². The Morgan fingerprint density at radius 2 is 2.12 bits per heavy atom. The first-order valence-corrected chi connectivity index (χ1v) is 5.71. The van der Waals surface area contributed by atoms with Crippen LogP contribution < -0.4 is 10.1 Å². The molecule has 0 unspecified atom stereocenters. The molecule has 0 amide bonds. The molecule has 1 heterocycles. The van der Waals surface area contributed by atoms with Gasteiger partial charge in [-0.25, -0.2) is 9.37 Å². The van der Waals surface area contributed by atoms with E-state index in [9.17, 15) is 4.39 Å². The first-order chi connectivity index (χ1) is 8.19. The van der Waals surface area contributed by atoms with Crippen LogP contribution in [0.15, 0.2) is 41.0 Å². The van der Waals surface area contributed by atoms with E-state index in [2.05, 4.69) is 26.2 Å². The second-order valence-electron chi connectivity index (χ2n) is 3.32. The van der Waals surface area contributed by atoms with Gasteiger partial charge < -0.3 is 10.1 Å². The van der Waals surface area contributed by atoms with E-state index in [1.807, 2.05) is 12.1 Å². The minimum Gasteiger partial charge on any atom is -0.494 e. The zero-order chi connectivity index (χ0) is 12.3. The lowest BCUT2D eigenvalue weighted by Crippen LogP contribution is -1.95. The lowest BCUT2D eigenvalue weighted by molar-refractivity contribution is 0.386. The number of pyridine rings is 1. The number of anilines is 2. The second kappa shape index (κ2) is 5.14. The minimum atomic E-state index is -0.410. The number of halogens is 2. The van der Waals surface area contributed by atoms with Crippen LogP contribution in [-0.2, 0) is 0 Å². The molecule has 88 valence electrons. The highest BCUT2D eigenvalue weighted by molar-refractivity contribution is 9.10. The summed E-state index contributed by atoms with van der Waals surface area (Å²) in [6.45, 7) is 0. The molecule has 5 heteroatoms. The molecule has 2 rings (SSSR count). The molecule has 1 aromatic carbocycles. The maximum Gasteiger partial charge on any atom is 0.167 e. The van der Waals surface area contributed by atoms with Gasteiger partial charge in [-0.3, -0.25) is 0 Å². The van der Waals surface area contributed by atoms with Crippen molar-refractivity contribution in [1.29, 1.82) is 0 Å². The Bertz CT molecular complexity index is 534. The quantitative estimate of drug-likeness (QED) is 0.876. The van der Waals surface area contributed by atoms with E-state index >= 15 is 0 Å². The van der Waals surface area contributed by atoms with E-state index in [0.29, 0.717) is 11.5 Å². The average Bonchev–Trinajstić information content (AvgIpc) is 2.29. The first-order valence-electron chi connectivity index (χ1n) is 4.92. The predicted molar refractivity (Wildman–Crippen MR) is 68.2 cm³/mol. The normalized spacial score (nSPS) is 10.1. The Labute approximate surface area is 107 Å². The number of ether oxygens (including phenoxy) is 1. The fourth-order valence-electron chi connectivity index (χ4n) is 1.37. The van der Waals surface area contributed by atoms with Crippen molar-refractivity contribution in [3.05, 3.63) is 46.8 Å². The molecule has 0 atom stereocenters. The topological polar surface area (TPSA) is 34.1 Å². The van der Waals surface area contributed by atoms with Crippen molar-refractivity contribution >= 4 is 27.4 Å². The van der Waals surface area contributed by atoms with Crippen molar-refractivity contribution in [3.8, 4) is 5.75 Å². The number of benzene rings is 1. The van der Waals surface area contributed by atoms with Gasteiger partial charge in [-0.15, -0.1) is 0 Å². The van der Waals surface area contributed by atoms with Gasteiger partial charge in [-0.2, -0.15) is 0 Å². The highest BCUT2D eigenvalue weighted by Crippen LogP contribution is 2.23. The molecule has 1 N–H and O–H groups in total. The summed E-state index contributed by atoms with van der Waals surface area (Å²) in [4.78, 5) is 4.19. The van der Waals surface area contributed by atoms with Crippen molar-refractivity contribution in [2.45, 2.75) is 0 Å². The third-order valence-electron chi connectivity index (χ3n) is 2.14. The lowest BCUT2D eigenvalue weighted by atomic mass is 10.3. The Morgan fingerprint density at radius 1 is 1.29 bits per heavy atom. The fraction of sp³-hybridized carbons (Fsp3) is 0.0833. The Hall–Kier alpha value is -1.62. The molecule has 0 fully saturated rings. The van der Waals surface area contributed by atoms with Crippen LogP contribution in [0.4, 0.5) is 15.9 Å². The molecule has 1 aromatic heterocycles. The van der Waals surface area contributed by atoms with E-state index in [4.69, 9.17) is 4.74 Å². The van der Waals surface area contributed by atoms with Crippen LogP contribution in [0.25, 0.3) is 0 Å². The fourth-order valence-corrected chi connectivity index (χ4v) is 1.71. The SMILES string of the molecule is COc1ccc(Nc2cccc(Br)n2)cc1F. The van der Waals surface area contributed by atoms with Crippen LogP contribution in [0.2, 0.25) is 0 Å². The number of nitrogens with one attached hydrogen (secondary N) is 1. The van der Waals surface area contributed by atoms with Crippen molar-refractivity contribution in [2.75, 3.05) is 12.4 Å². The van der Waals surface area contributed by atoms with Crippen LogP contribution in [0.1, 0.15) is 0 Å². The predicted octanol–water partition coefficient (Wildman–Crippen LogP) is 3.74. The first kappa shape index (κ1) is 11.9. The Balaban J connectivity index is 2.22. The van der Waals surface area contributed by atoms with E-state index in [0.717, 1.165) is 4.60 Å². The molecule has 0 saturated carbocycles. The number of hydrogen-bond donors (Lipinski definition) is 1. The highest BCUT2D eigenvalue weighted by atomic mass is 79.9. The summed E-state index contributed by atoms with van der Waals surface area (Å²) < 4.78 is 19.0. The molecule has 0 aliphatic heterocycles. The summed E-state index contributed by atoms with van der Waals surface area (Å²) in [5, 5.41) is 3.00. The van der Waals surface area contributed by atoms with Gasteiger partial charge in [0.15, 0.2) is 11.6 Å². The summed E-state index contributed by atoms with van der Waals surface area (Å²) in [6, 6.07) is 10.1. The second-order valence-corrected chi connectivity index (χ2v) is 4.13. The summed E-state index contributed by atoms with van der Waals surface area (Å²) in [6.07, 6.45) is 0. The smallest absolute Gasteiger partial charge is 0.167 e. The van der Waals surface area contributed by atoms with E-state index in [-0.39, 0.29) is 5.75 Å². The van der Waals surface area contributed by atoms with Gasteiger partial charge in [0.1, 0.15) is 10.4 Å². The third kappa shape index (κ3) is 2.94. The zero-order valence-electron chi connectivity index (χ0n) is 9.08. The number of nitrogens with zero attached hydrogens (tertiary/aromatic N) is 1.